The smallest absolute Gasteiger partial charge is 0.305 e. The summed E-state index contributed by atoms with van der Waals surface area (Å²) in [6.45, 7) is 3.70. The van der Waals surface area contributed by atoms with Gasteiger partial charge in [-0.1, -0.05) is 48.5 Å². The lowest BCUT2D eigenvalue weighted by atomic mass is 9.88. The number of carbonyl (C=O) groups is 1. The second kappa shape index (κ2) is 6.76. The lowest BCUT2D eigenvalue weighted by molar-refractivity contribution is -0.530. The number of rotatable bonds is 4. The van der Waals surface area contributed by atoms with Crippen LogP contribution in [-0.2, 0) is 0 Å². The number of carbonyl (C=O) groups excluding carboxylic acids is 1. The zero-order valence-electron chi connectivity index (χ0n) is 14.6. The van der Waals surface area contributed by atoms with Crippen LogP contribution in [0.2, 0.25) is 0 Å². The van der Waals surface area contributed by atoms with E-state index in [-0.39, 0.29) is 11.5 Å². The predicted molar refractivity (Wildman–Crippen MR) is 101 cm³/mol. The van der Waals surface area contributed by atoms with Gasteiger partial charge in [-0.15, -0.1) is 0 Å². The summed E-state index contributed by atoms with van der Waals surface area (Å²) in [5.74, 6) is 1.85. The summed E-state index contributed by atoms with van der Waals surface area (Å²) in [6, 6.07) is 20.5. The van der Waals surface area contributed by atoms with Crippen LogP contribution in [0.3, 0.4) is 0 Å². The number of nitriles is 1. The summed E-state index contributed by atoms with van der Waals surface area (Å²) in [4.78, 5) is 13.1. The first-order chi connectivity index (χ1) is 12.5. The van der Waals surface area contributed by atoms with Gasteiger partial charge < -0.3 is 5.41 Å². The summed E-state index contributed by atoms with van der Waals surface area (Å²) in [5.41, 5.74) is 1.79. The molecular weight excluding hydrogens is 322 g/mol. The molecule has 0 amide bonds. The molecule has 0 N–H and O–H groups in total. The monoisotopic (exact) mass is 339 g/mol. The molecular formula is C22H17N3O. The Morgan fingerprint density at radius 1 is 1.04 bits per heavy atom. The standard InChI is InChI=1S/C22H17N3O/c1-22(2)19(21(26)17-11-7-4-8-12-17)13-20(16-9-5-3-6-10-16)25(22)18(14-23)15-24/h3-13H,1-2H3. The SMILES string of the molecule is CC1(C)C(C(=O)c2ccccc2)=CC(c2ccccc2)=[N+]1C(=C=[N-])C#N. The molecule has 0 atom stereocenters. The van der Waals surface area contributed by atoms with Crippen molar-refractivity contribution in [2.24, 2.45) is 0 Å². The molecule has 1 aliphatic heterocycles. The second-order valence-corrected chi connectivity index (χ2v) is 6.47. The Bertz CT molecular complexity index is 1020. The third kappa shape index (κ3) is 2.82. The molecule has 126 valence electrons. The first-order valence-corrected chi connectivity index (χ1v) is 8.22. The molecule has 0 unspecified atom stereocenters. The van der Waals surface area contributed by atoms with Gasteiger partial charge in [0, 0.05) is 31.1 Å². The van der Waals surface area contributed by atoms with Gasteiger partial charge in [-0.25, -0.2) is 0 Å². The molecule has 0 aliphatic carbocycles. The third-order valence-electron chi connectivity index (χ3n) is 4.53. The number of ketones is 1. The van der Waals surface area contributed by atoms with Gasteiger partial charge in [0.05, 0.1) is 5.57 Å². The molecule has 0 saturated carbocycles. The van der Waals surface area contributed by atoms with E-state index in [0.717, 1.165) is 5.56 Å². The molecule has 3 rings (SSSR count). The van der Waals surface area contributed by atoms with Crippen LogP contribution >= 0.6 is 0 Å². The summed E-state index contributed by atoms with van der Waals surface area (Å²) >= 11 is 0. The van der Waals surface area contributed by atoms with Gasteiger partial charge in [0.15, 0.2) is 17.4 Å². The lowest BCUT2D eigenvalue weighted by Gasteiger charge is -2.20. The Kier molecular flexibility index (Phi) is 4.49. The molecule has 0 saturated heterocycles. The number of nitrogens with zero attached hydrogens (tertiary/aromatic N) is 3. The molecule has 0 spiro atoms. The molecule has 0 bridgehead atoms. The van der Waals surface area contributed by atoms with Crippen LogP contribution in [0.15, 0.2) is 78.0 Å². The van der Waals surface area contributed by atoms with E-state index in [1.165, 1.54) is 0 Å². The van der Waals surface area contributed by atoms with Crippen LogP contribution in [0.4, 0.5) is 0 Å². The van der Waals surface area contributed by atoms with Crippen molar-refractivity contribution in [1.82, 2.24) is 0 Å². The van der Waals surface area contributed by atoms with Gasteiger partial charge in [-0.05, 0) is 12.1 Å². The van der Waals surface area contributed by atoms with Crippen LogP contribution in [0.1, 0.15) is 29.8 Å². The highest BCUT2D eigenvalue weighted by Crippen LogP contribution is 2.33. The van der Waals surface area contributed by atoms with E-state index in [9.17, 15) is 15.5 Å². The summed E-state index contributed by atoms with van der Waals surface area (Å²) in [7, 11) is 0. The summed E-state index contributed by atoms with van der Waals surface area (Å²) in [5, 5.41) is 18.9. The maximum atomic E-state index is 13.1. The van der Waals surface area contributed by atoms with E-state index in [2.05, 4.69) is 0 Å². The fourth-order valence-corrected chi connectivity index (χ4v) is 3.23. The Morgan fingerprint density at radius 2 is 1.62 bits per heavy atom. The van der Waals surface area contributed by atoms with E-state index in [4.69, 9.17) is 0 Å². The fraction of sp³-hybridized carbons (Fsp3) is 0.136. The number of allylic oxidation sites excluding steroid dienone is 2. The second-order valence-electron chi connectivity index (χ2n) is 6.47. The number of benzene rings is 2. The van der Waals surface area contributed by atoms with Gasteiger partial charge in [-0.3, -0.25) is 4.79 Å². The fourth-order valence-electron chi connectivity index (χ4n) is 3.23. The number of hydrogen-bond donors (Lipinski definition) is 0. The van der Waals surface area contributed by atoms with Crippen molar-refractivity contribution >= 4 is 17.4 Å². The minimum atomic E-state index is -0.821. The summed E-state index contributed by atoms with van der Waals surface area (Å²) in [6.07, 6.45) is 1.79. The van der Waals surface area contributed by atoms with Crippen LogP contribution in [-0.4, -0.2) is 27.5 Å². The Hall–Kier alpha value is -3.54. The molecule has 2 aromatic rings. The largest absolute Gasteiger partial charge is 0.757 e. The third-order valence-corrected chi connectivity index (χ3v) is 4.53. The van der Waals surface area contributed by atoms with E-state index in [1.807, 2.05) is 74.3 Å². The molecule has 1 heterocycles. The van der Waals surface area contributed by atoms with Crippen molar-refractivity contribution in [3.05, 3.63) is 94.5 Å². The quantitative estimate of drug-likeness (QED) is 0.369. The van der Waals surface area contributed by atoms with Crippen molar-refractivity contribution in [2.75, 3.05) is 0 Å². The Labute approximate surface area is 152 Å². The van der Waals surface area contributed by atoms with E-state index in [1.54, 1.807) is 22.8 Å². The maximum Gasteiger partial charge on any atom is 0.305 e. The highest BCUT2D eigenvalue weighted by molar-refractivity contribution is 6.18. The zero-order chi connectivity index (χ0) is 18.7. The van der Waals surface area contributed by atoms with Gasteiger partial charge in [0.25, 0.3) is 0 Å². The zero-order valence-corrected chi connectivity index (χ0v) is 14.6. The average molecular weight is 339 g/mol. The highest BCUT2D eigenvalue weighted by atomic mass is 16.1. The van der Waals surface area contributed by atoms with E-state index in [0.29, 0.717) is 16.8 Å². The van der Waals surface area contributed by atoms with Gasteiger partial charge in [-0.2, -0.15) is 15.7 Å². The molecule has 4 nitrogen and oxygen atoms in total. The first kappa shape index (κ1) is 17.3. The van der Waals surface area contributed by atoms with Crippen molar-refractivity contribution in [3.8, 4) is 6.07 Å². The highest BCUT2D eigenvalue weighted by Gasteiger charge is 2.48. The van der Waals surface area contributed by atoms with Crippen molar-refractivity contribution in [1.29, 1.82) is 5.26 Å². The van der Waals surface area contributed by atoms with Crippen LogP contribution in [0.25, 0.3) is 5.41 Å². The Balaban J connectivity index is 2.21. The molecule has 0 aromatic heterocycles. The first-order valence-electron chi connectivity index (χ1n) is 8.22. The van der Waals surface area contributed by atoms with Crippen LogP contribution in [0, 0.1) is 11.3 Å². The Morgan fingerprint density at radius 3 is 2.15 bits per heavy atom. The normalized spacial score (nSPS) is 15.0. The topological polar surface area (TPSA) is 66.2 Å². The maximum absolute atomic E-state index is 13.1. The van der Waals surface area contributed by atoms with E-state index < -0.39 is 5.54 Å². The molecule has 1 aliphatic rings. The van der Waals surface area contributed by atoms with Gasteiger partial charge in [0.1, 0.15) is 0 Å². The van der Waals surface area contributed by atoms with Crippen molar-refractivity contribution in [3.63, 3.8) is 0 Å². The molecule has 0 radical (unpaired) electrons. The van der Waals surface area contributed by atoms with Crippen molar-refractivity contribution < 1.29 is 9.37 Å². The summed E-state index contributed by atoms with van der Waals surface area (Å²) < 4.78 is 1.65. The number of hydrogen-bond acceptors (Lipinski definition) is 2. The molecule has 0 fully saturated rings. The van der Waals surface area contributed by atoms with Gasteiger partial charge in [0.2, 0.25) is 5.71 Å². The molecule has 4 heteroatoms. The predicted octanol–water partition coefficient (Wildman–Crippen LogP) is 3.74. The minimum Gasteiger partial charge on any atom is -0.757 e. The van der Waals surface area contributed by atoms with Crippen LogP contribution in [0.5, 0.6) is 0 Å². The van der Waals surface area contributed by atoms with Crippen LogP contribution < -0.4 is 0 Å². The van der Waals surface area contributed by atoms with E-state index >= 15 is 0 Å². The average Bonchev–Trinajstić information content (AvgIpc) is 2.95. The van der Waals surface area contributed by atoms with Gasteiger partial charge >= 0.3 is 5.70 Å². The number of Topliss-reactive ketones (excluding diaryl/α,β-unsaturated/α-hetero) is 1. The van der Waals surface area contributed by atoms with Crippen molar-refractivity contribution in [2.45, 2.75) is 19.4 Å². The molecule has 2 aromatic carbocycles. The minimum absolute atomic E-state index is 0.0408. The molecule has 26 heavy (non-hydrogen) atoms. The lowest BCUT2D eigenvalue weighted by Crippen LogP contribution is -2.39.